The number of para-hydroxylation sites is 1. The quantitative estimate of drug-likeness (QED) is 0.665. The van der Waals surface area contributed by atoms with E-state index >= 15 is 0 Å². The average molecular weight is 306 g/mol. The van der Waals surface area contributed by atoms with Crippen molar-refractivity contribution >= 4 is 17.4 Å². The zero-order chi connectivity index (χ0) is 15.4. The predicted octanol–water partition coefficient (Wildman–Crippen LogP) is 4.17. The standard InChI is InChI=1S/C15H15FN2O2S/c1-10(17-2)12-9-11(16)7-8-14(12)21-15-6-4-3-5-13(15)18(19)20/h3-10,17H,1-2H3. The first kappa shape index (κ1) is 15.5. The lowest BCUT2D eigenvalue weighted by Gasteiger charge is -2.15. The van der Waals surface area contributed by atoms with E-state index in [1.807, 2.05) is 6.92 Å². The second-order valence-corrected chi connectivity index (χ2v) is 5.60. The van der Waals surface area contributed by atoms with Crippen molar-refractivity contribution < 1.29 is 9.31 Å². The molecule has 0 aliphatic heterocycles. The van der Waals surface area contributed by atoms with Crippen molar-refractivity contribution in [2.45, 2.75) is 22.8 Å². The van der Waals surface area contributed by atoms with Crippen LogP contribution in [0.15, 0.2) is 52.3 Å². The summed E-state index contributed by atoms with van der Waals surface area (Å²) in [5.41, 5.74) is 0.829. The highest BCUT2D eigenvalue weighted by Gasteiger charge is 2.17. The van der Waals surface area contributed by atoms with Gasteiger partial charge in [-0.2, -0.15) is 0 Å². The molecule has 0 aromatic heterocycles. The third kappa shape index (κ3) is 3.59. The van der Waals surface area contributed by atoms with Crippen molar-refractivity contribution in [3.05, 3.63) is 64.0 Å². The van der Waals surface area contributed by atoms with E-state index in [0.717, 1.165) is 10.5 Å². The lowest BCUT2D eigenvalue weighted by Crippen LogP contribution is -2.13. The highest BCUT2D eigenvalue weighted by molar-refractivity contribution is 7.99. The Morgan fingerprint density at radius 3 is 2.62 bits per heavy atom. The number of hydrogen-bond donors (Lipinski definition) is 1. The lowest BCUT2D eigenvalue weighted by molar-refractivity contribution is -0.387. The topological polar surface area (TPSA) is 55.2 Å². The Hall–Kier alpha value is -1.92. The van der Waals surface area contributed by atoms with Gasteiger partial charge in [-0.15, -0.1) is 0 Å². The van der Waals surface area contributed by atoms with Gasteiger partial charge in [0.15, 0.2) is 0 Å². The van der Waals surface area contributed by atoms with Gasteiger partial charge in [-0.25, -0.2) is 4.39 Å². The Morgan fingerprint density at radius 1 is 1.24 bits per heavy atom. The molecular weight excluding hydrogens is 291 g/mol. The Kier molecular flexibility index (Phi) is 4.93. The molecule has 21 heavy (non-hydrogen) atoms. The Balaban J connectivity index is 2.43. The fourth-order valence-corrected chi connectivity index (χ4v) is 3.04. The second kappa shape index (κ2) is 6.69. The van der Waals surface area contributed by atoms with Crippen LogP contribution in [0.2, 0.25) is 0 Å². The third-order valence-electron chi connectivity index (χ3n) is 3.15. The molecule has 0 spiro atoms. The van der Waals surface area contributed by atoms with Crippen LogP contribution >= 0.6 is 11.8 Å². The van der Waals surface area contributed by atoms with Crippen LogP contribution in [0.25, 0.3) is 0 Å². The fraction of sp³-hybridized carbons (Fsp3) is 0.200. The van der Waals surface area contributed by atoms with E-state index in [-0.39, 0.29) is 17.5 Å². The van der Waals surface area contributed by atoms with Crippen molar-refractivity contribution in [3.8, 4) is 0 Å². The number of nitrogens with one attached hydrogen (secondary N) is 1. The van der Waals surface area contributed by atoms with Crippen LogP contribution in [0.4, 0.5) is 10.1 Å². The highest BCUT2D eigenvalue weighted by Crippen LogP contribution is 2.38. The molecule has 0 heterocycles. The molecule has 0 aliphatic carbocycles. The van der Waals surface area contributed by atoms with Crippen molar-refractivity contribution in [2.75, 3.05) is 7.05 Å². The number of nitro benzene ring substituents is 1. The molecule has 0 bridgehead atoms. The van der Waals surface area contributed by atoms with Crippen LogP contribution in [0.5, 0.6) is 0 Å². The third-order valence-corrected chi connectivity index (χ3v) is 4.31. The molecule has 1 atom stereocenters. The van der Waals surface area contributed by atoms with Crippen LogP contribution < -0.4 is 5.32 Å². The van der Waals surface area contributed by atoms with Crippen LogP contribution in [0.3, 0.4) is 0 Å². The maximum atomic E-state index is 13.4. The summed E-state index contributed by atoms with van der Waals surface area (Å²) in [7, 11) is 1.79. The van der Waals surface area contributed by atoms with Crippen molar-refractivity contribution in [1.29, 1.82) is 0 Å². The summed E-state index contributed by atoms with van der Waals surface area (Å²) in [6, 6.07) is 11.0. The summed E-state index contributed by atoms with van der Waals surface area (Å²) in [6.07, 6.45) is 0. The van der Waals surface area contributed by atoms with E-state index in [4.69, 9.17) is 0 Å². The van der Waals surface area contributed by atoms with Crippen molar-refractivity contribution in [2.24, 2.45) is 0 Å². The molecule has 2 rings (SSSR count). The number of halogens is 1. The van der Waals surface area contributed by atoms with Gasteiger partial charge in [0.1, 0.15) is 5.82 Å². The molecule has 2 aromatic rings. The molecule has 1 N–H and O–H groups in total. The van der Waals surface area contributed by atoms with Gasteiger partial charge in [-0.3, -0.25) is 10.1 Å². The Bertz CT molecular complexity index is 664. The molecule has 0 saturated carbocycles. The summed E-state index contributed by atoms with van der Waals surface area (Å²) >= 11 is 1.27. The number of nitrogens with zero attached hydrogens (tertiary/aromatic N) is 1. The first-order chi connectivity index (χ1) is 10.0. The molecule has 6 heteroatoms. The molecule has 0 radical (unpaired) electrons. The van der Waals surface area contributed by atoms with E-state index in [2.05, 4.69) is 5.32 Å². The molecule has 0 amide bonds. The summed E-state index contributed by atoms with van der Waals surface area (Å²) in [5.74, 6) is -0.320. The molecule has 0 saturated heterocycles. The van der Waals surface area contributed by atoms with Crippen LogP contribution in [0, 0.1) is 15.9 Å². The molecule has 0 fully saturated rings. The number of rotatable bonds is 5. The van der Waals surface area contributed by atoms with Gasteiger partial charge >= 0.3 is 0 Å². The minimum Gasteiger partial charge on any atom is -0.313 e. The number of hydrogen-bond acceptors (Lipinski definition) is 4. The maximum Gasteiger partial charge on any atom is 0.283 e. The van der Waals surface area contributed by atoms with Crippen molar-refractivity contribution in [3.63, 3.8) is 0 Å². The van der Waals surface area contributed by atoms with Gasteiger partial charge in [0.05, 0.1) is 9.82 Å². The summed E-state index contributed by atoms with van der Waals surface area (Å²) in [6.45, 7) is 1.91. The number of nitro groups is 1. The lowest BCUT2D eigenvalue weighted by atomic mass is 10.1. The minimum atomic E-state index is -0.410. The van der Waals surface area contributed by atoms with E-state index in [1.54, 1.807) is 31.3 Å². The molecule has 0 aliphatic rings. The summed E-state index contributed by atoms with van der Waals surface area (Å²) in [4.78, 5) is 12.0. The van der Waals surface area contributed by atoms with Gasteiger partial charge in [0, 0.05) is 17.0 Å². The van der Waals surface area contributed by atoms with E-state index in [9.17, 15) is 14.5 Å². The van der Waals surface area contributed by atoms with Crippen LogP contribution in [0.1, 0.15) is 18.5 Å². The summed E-state index contributed by atoms with van der Waals surface area (Å²) < 4.78 is 13.4. The molecule has 2 aromatic carbocycles. The van der Waals surface area contributed by atoms with Crippen LogP contribution in [-0.2, 0) is 0 Å². The van der Waals surface area contributed by atoms with E-state index in [0.29, 0.717) is 4.90 Å². The maximum absolute atomic E-state index is 13.4. The zero-order valence-electron chi connectivity index (χ0n) is 11.7. The van der Waals surface area contributed by atoms with Gasteiger partial charge < -0.3 is 5.32 Å². The van der Waals surface area contributed by atoms with Gasteiger partial charge in [0.2, 0.25) is 0 Å². The zero-order valence-corrected chi connectivity index (χ0v) is 12.5. The van der Waals surface area contributed by atoms with Gasteiger partial charge in [0.25, 0.3) is 5.69 Å². The van der Waals surface area contributed by atoms with Gasteiger partial charge in [-0.05, 0) is 43.8 Å². The van der Waals surface area contributed by atoms with E-state index in [1.165, 1.54) is 30.0 Å². The number of benzene rings is 2. The molecule has 1 unspecified atom stereocenters. The second-order valence-electron chi connectivity index (χ2n) is 4.52. The van der Waals surface area contributed by atoms with Gasteiger partial charge in [-0.1, -0.05) is 23.9 Å². The highest BCUT2D eigenvalue weighted by atomic mass is 32.2. The van der Waals surface area contributed by atoms with E-state index < -0.39 is 4.92 Å². The molecular formula is C15H15FN2O2S. The average Bonchev–Trinajstić information content (AvgIpc) is 2.48. The Labute approximate surface area is 126 Å². The normalized spacial score (nSPS) is 12.1. The smallest absolute Gasteiger partial charge is 0.283 e. The van der Waals surface area contributed by atoms with Crippen molar-refractivity contribution in [1.82, 2.24) is 5.32 Å². The monoisotopic (exact) mass is 306 g/mol. The first-order valence-corrected chi connectivity index (χ1v) is 7.22. The first-order valence-electron chi connectivity index (χ1n) is 6.41. The molecule has 4 nitrogen and oxygen atoms in total. The SMILES string of the molecule is CNC(C)c1cc(F)ccc1Sc1ccccc1[N+](=O)[O-]. The summed E-state index contributed by atoms with van der Waals surface area (Å²) in [5, 5.41) is 14.1. The Morgan fingerprint density at radius 2 is 1.95 bits per heavy atom. The molecule has 110 valence electrons. The van der Waals surface area contributed by atoms with Crippen LogP contribution in [-0.4, -0.2) is 12.0 Å². The largest absolute Gasteiger partial charge is 0.313 e. The minimum absolute atomic E-state index is 0.0500. The fourth-order valence-electron chi connectivity index (χ4n) is 1.92. The predicted molar refractivity (Wildman–Crippen MR) is 81.1 cm³/mol.